The highest BCUT2D eigenvalue weighted by Gasteiger charge is 2.34. The standard InChI is InChI=1S/C35H52O2/c1-5-7-10-14-28(3)26-34(36)37-32-20-17-30(18-21-32)15-16-31-19-22-33(29(4)27-31)35(23-11-8-6-2)24-12-9-13-25-35/h17-22,27-28H,5-16,23-26H2,1-4H3. The zero-order valence-electron chi connectivity index (χ0n) is 24.2. The van der Waals surface area contributed by atoms with Crippen molar-refractivity contribution < 1.29 is 9.53 Å². The van der Waals surface area contributed by atoms with E-state index in [1.807, 2.05) is 12.1 Å². The molecular formula is C35H52O2. The second kappa shape index (κ2) is 15.4. The van der Waals surface area contributed by atoms with E-state index in [4.69, 9.17) is 4.74 Å². The largest absolute Gasteiger partial charge is 0.427 e. The summed E-state index contributed by atoms with van der Waals surface area (Å²) in [4.78, 5) is 12.3. The number of unbranched alkanes of at least 4 members (excludes halogenated alkanes) is 4. The number of hydrogen-bond acceptors (Lipinski definition) is 2. The van der Waals surface area contributed by atoms with Crippen LogP contribution >= 0.6 is 0 Å². The summed E-state index contributed by atoms with van der Waals surface area (Å²) in [5.41, 5.74) is 6.24. The Morgan fingerprint density at radius 2 is 1.51 bits per heavy atom. The van der Waals surface area contributed by atoms with Crippen molar-refractivity contribution in [1.29, 1.82) is 0 Å². The van der Waals surface area contributed by atoms with E-state index < -0.39 is 0 Å². The third-order valence-electron chi connectivity index (χ3n) is 8.60. The molecule has 0 heterocycles. The lowest BCUT2D eigenvalue weighted by Gasteiger charge is -2.39. The van der Waals surface area contributed by atoms with Crippen molar-refractivity contribution in [1.82, 2.24) is 0 Å². The molecule has 0 spiro atoms. The molecule has 1 unspecified atom stereocenters. The highest BCUT2D eigenvalue weighted by Crippen LogP contribution is 2.44. The number of ether oxygens (including phenoxy) is 1. The summed E-state index contributed by atoms with van der Waals surface area (Å²) in [6.45, 7) is 9.00. The fourth-order valence-corrected chi connectivity index (χ4v) is 6.39. The topological polar surface area (TPSA) is 26.3 Å². The van der Waals surface area contributed by atoms with Gasteiger partial charge < -0.3 is 4.74 Å². The Morgan fingerprint density at radius 3 is 2.19 bits per heavy atom. The van der Waals surface area contributed by atoms with Crippen LogP contribution in [-0.2, 0) is 23.1 Å². The van der Waals surface area contributed by atoms with E-state index in [0.717, 1.165) is 19.3 Å². The van der Waals surface area contributed by atoms with Gasteiger partial charge in [0.25, 0.3) is 0 Å². The zero-order chi connectivity index (χ0) is 26.5. The SMILES string of the molecule is CCCCCC(C)CC(=O)Oc1ccc(CCc2ccc(C3(CCCCC)CCCCC3)c(C)c2)cc1. The minimum atomic E-state index is -0.113. The molecule has 0 amide bonds. The Kier molecular flexibility index (Phi) is 12.2. The molecule has 1 fully saturated rings. The van der Waals surface area contributed by atoms with Crippen LogP contribution in [0, 0.1) is 12.8 Å². The van der Waals surface area contributed by atoms with Gasteiger partial charge in [0.15, 0.2) is 0 Å². The minimum absolute atomic E-state index is 0.113. The third-order valence-corrected chi connectivity index (χ3v) is 8.60. The predicted octanol–water partition coefficient (Wildman–Crippen LogP) is 10.1. The second-order valence-electron chi connectivity index (χ2n) is 11.9. The van der Waals surface area contributed by atoms with Crippen molar-refractivity contribution in [2.75, 3.05) is 0 Å². The first-order chi connectivity index (χ1) is 18.0. The summed E-state index contributed by atoms with van der Waals surface area (Å²) in [7, 11) is 0. The number of carbonyl (C=O) groups excluding carboxylic acids is 1. The smallest absolute Gasteiger partial charge is 0.311 e. The van der Waals surface area contributed by atoms with Crippen molar-refractivity contribution in [2.24, 2.45) is 5.92 Å². The predicted molar refractivity (Wildman–Crippen MR) is 157 cm³/mol. The number of carbonyl (C=O) groups is 1. The van der Waals surface area contributed by atoms with Gasteiger partial charge in [0, 0.05) is 6.42 Å². The maximum atomic E-state index is 12.3. The summed E-state index contributed by atoms with van der Waals surface area (Å²) in [6, 6.07) is 15.4. The molecule has 0 aliphatic heterocycles. The van der Waals surface area contributed by atoms with E-state index in [1.165, 1.54) is 93.7 Å². The number of hydrogen-bond donors (Lipinski definition) is 0. The normalized spacial score (nSPS) is 15.9. The summed E-state index contributed by atoms with van der Waals surface area (Å²) in [6.07, 6.45) is 19.6. The van der Waals surface area contributed by atoms with Crippen molar-refractivity contribution in [3.8, 4) is 5.75 Å². The molecule has 1 saturated carbocycles. The van der Waals surface area contributed by atoms with Gasteiger partial charge in [0.1, 0.15) is 5.75 Å². The molecule has 2 aromatic carbocycles. The Morgan fingerprint density at radius 1 is 0.865 bits per heavy atom. The van der Waals surface area contributed by atoms with Crippen LogP contribution in [0.1, 0.15) is 133 Å². The first kappa shape index (κ1) is 29.5. The van der Waals surface area contributed by atoms with Crippen LogP contribution in [0.5, 0.6) is 5.75 Å². The molecule has 1 aliphatic rings. The molecule has 2 heteroatoms. The maximum Gasteiger partial charge on any atom is 0.311 e. The second-order valence-corrected chi connectivity index (χ2v) is 11.9. The van der Waals surface area contributed by atoms with Gasteiger partial charge in [-0.1, -0.05) is 115 Å². The van der Waals surface area contributed by atoms with Gasteiger partial charge in [-0.05, 0) is 84.7 Å². The van der Waals surface area contributed by atoms with Crippen LogP contribution in [0.3, 0.4) is 0 Å². The van der Waals surface area contributed by atoms with E-state index in [1.54, 1.807) is 5.56 Å². The molecule has 1 atom stereocenters. The van der Waals surface area contributed by atoms with Gasteiger partial charge in [0.2, 0.25) is 0 Å². The molecule has 0 aromatic heterocycles. The molecule has 204 valence electrons. The quantitative estimate of drug-likeness (QED) is 0.137. The molecule has 0 N–H and O–H groups in total. The molecule has 1 aliphatic carbocycles. The summed E-state index contributed by atoms with van der Waals surface area (Å²) >= 11 is 0. The lowest BCUT2D eigenvalue weighted by molar-refractivity contribution is -0.135. The molecule has 3 rings (SSSR count). The molecule has 0 bridgehead atoms. The number of rotatable bonds is 15. The van der Waals surface area contributed by atoms with Crippen LogP contribution in [0.2, 0.25) is 0 Å². The van der Waals surface area contributed by atoms with Crippen molar-refractivity contribution >= 4 is 5.97 Å². The number of esters is 1. The number of aryl methyl sites for hydroxylation is 3. The molecule has 2 aromatic rings. The summed E-state index contributed by atoms with van der Waals surface area (Å²) < 4.78 is 5.60. The van der Waals surface area contributed by atoms with Crippen LogP contribution in [0.15, 0.2) is 42.5 Å². The molecule has 2 nitrogen and oxygen atoms in total. The minimum Gasteiger partial charge on any atom is -0.427 e. The fraction of sp³-hybridized carbons (Fsp3) is 0.629. The summed E-state index contributed by atoms with van der Waals surface area (Å²) in [5.74, 6) is 0.936. The van der Waals surface area contributed by atoms with Crippen LogP contribution in [0.4, 0.5) is 0 Å². The van der Waals surface area contributed by atoms with Gasteiger partial charge in [0.05, 0.1) is 0 Å². The van der Waals surface area contributed by atoms with E-state index >= 15 is 0 Å². The third kappa shape index (κ3) is 9.31. The Labute approximate surface area is 227 Å². The van der Waals surface area contributed by atoms with E-state index in [2.05, 4.69) is 58.0 Å². The first-order valence-electron chi connectivity index (χ1n) is 15.4. The Balaban J connectivity index is 1.53. The Hall–Kier alpha value is -2.09. The van der Waals surface area contributed by atoms with Gasteiger partial charge >= 0.3 is 5.97 Å². The van der Waals surface area contributed by atoms with Crippen molar-refractivity contribution in [3.63, 3.8) is 0 Å². The average molecular weight is 505 g/mol. The first-order valence-corrected chi connectivity index (χ1v) is 15.4. The fourth-order valence-electron chi connectivity index (χ4n) is 6.39. The molecule has 0 radical (unpaired) electrons. The average Bonchev–Trinajstić information content (AvgIpc) is 2.89. The molecule has 37 heavy (non-hydrogen) atoms. The number of benzene rings is 2. The zero-order valence-corrected chi connectivity index (χ0v) is 24.2. The van der Waals surface area contributed by atoms with Gasteiger partial charge in [-0.15, -0.1) is 0 Å². The molecule has 0 saturated heterocycles. The van der Waals surface area contributed by atoms with Crippen LogP contribution in [0.25, 0.3) is 0 Å². The highest BCUT2D eigenvalue weighted by atomic mass is 16.5. The lowest BCUT2D eigenvalue weighted by atomic mass is 9.65. The van der Waals surface area contributed by atoms with Gasteiger partial charge in [-0.2, -0.15) is 0 Å². The van der Waals surface area contributed by atoms with Crippen LogP contribution in [-0.4, -0.2) is 5.97 Å². The van der Waals surface area contributed by atoms with E-state index in [9.17, 15) is 4.79 Å². The van der Waals surface area contributed by atoms with Gasteiger partial charge in [-0.25, -0.2) is 0 Å². The lowest BCUT2D eigenvalue weighted by Crippen LogP contribution is -2.30. The molecular weight excluding hydrogens is 452 g/mol. The Bertz CT molecular complexity index is 936. The van der Waals surface area contributed by atoms with E-state index in [0.29, 0.717) is 23.5 Å². The van der Waals surface area contributed by atoms with Crippen LogP contribution < -0.4 is 4.74 Å². The summed E-state index contributed by atoms with van der Waals surface area (Å²) in [5, 5.41) is 0. The highest BCUT2D eigenvalue weighted by molar-refractivity contribution is 5.72. The van der Waals surface area contributed by atoms with Crippen molar-refractivity contribution in [3.05, 3.63) is 64.7 Å². The maximum absolute atomic E-state index is 12.3. The monoisotopic (exact) mass is 504 g/mol. The van der Waals surface area contributed by atoms with Crippen molar-refractivity contribution in [2.45, 2.75) is 136 Å². The van der Waals surface area contributed by atoms with Gasteiger partial charge in [-0.3, -0.25) is 4.79 Å². The van der Waals surface area contributed by atoms with E-state index in [-0.39, 0.29) is 5.97 Å².